The minimum absolute atomic E-state index is 0.212. The van der Waals surface area contributed by atoms with E-state index in [1.54, 1.807) is 0 Å². The minimum Gasteiger partial charge on any atom is -0.507 e. The van der Waals surface area contributed by atoms with Crippen molar-refractivity contribution in [2.45, 2.75) is 0 Å². The molecule has 0 saturated heterocycles. The summed E-state index contributed by atoms with van der Waals surface area (Å²) >= 11 is 0. The molecule has 51 heavy (non-hydrogen) atoms. The van der Waals surface area contributed by atoms with Crippen molar-refractivity contribution in [2.24, 2.45) is 0 Å². The average Bonchev–Trinajstić information content (AvgIpc) is 3.20. The maximum absolute atomic E-state index is 11.5. The first kappa shape index (κ1) is 29.0. The fourth-order valence-electron chi connectivity index (χ4n) is 7.52. The highest BCUT2D eigenvalue weighted by Crippen LogP contribution is 2.44. The van der Waals surface area contributed by atoms with Crippen molar-refractivity contribution >= 4 is 43.2 Å². The average molecular weight is 652 g/mol. The zero-order valence-electron chi connectivity index (χ0n) is 27.5. The summed E-state index contributed by atoms with van der Waals surface area (Å²) in [6.45, 7) is 0. The number of pyridine rings is 1. The van der Waals surface area contributed by atoms with Gasteiger partial charge >= 0.3 is 0 Å². The van der Waals surface area contributed by atoms with E-state index in [9.17, 15) is 5.11 Å². The molecule has 8 aromatic carbocycles. The number of rotatable bonds is 5. The molecule has 0 aliphatic heterocycles. The number of aromatic hydroxyl groups is 1. The van der Waals surface area contributed by atoms with Gasteiger partial charge in [0.15, 0.2) is 0 Å². The molecule has 0 aliphatic carbocycles. The Bertz CT molecular complexity index is 2920. The molecule has 0 radical (unpaired) electrons. The van der Waals surface area contributed by atoms with E-state index in [0.717, 1.165) is 71.8 Å². The molecule has 4 heteroatoms. The summed E-state index contributed by atoms with van der Waals surface area (Å²) < 4.78 is 0. The molecule has 10 rings (SSSR count). The van der Waals surface area contributed by atoms with Gasteiger partial charge in [0.1, 0.15) is 5.75 Å². The van der Waals surface area contributed by atoms with Crippen LogP contribution in [0.3, 0.4) is 0 Å². The van der Waals surface area contributed by atoms with Crippen LogP contribution in [0.15, 0.2) is 170 Å². The van der Waals surface area contributed by atoms with Crippen LogP contribution in [0.25, 0.3) is 99.2 Å². The number of benzene rings is 8. The molecule has 10 aromatic rings. The van der Waals surface area contributed by atoms with Crippen molar-refractivity contribution < 1.29 is 5.11 Å². The highest BCUT2D eigenvalue weighted by atomic mass is 16.3. The summed E-state index contributed by atoms with van der Waals surface area (Å²) in [5.41, 5.74) is 10.2. The molecule has 2 heterocycles. The van der Waals surface area contributed by atoms with Crippen molar-refractivity contribution in [3.8, 4) is 61.8 Å². The van der Waals surface area contributed by atoms with Crippen LogP contribution in [0.2, 0.25) is 0 Å². The molecule has 1 N–H and O–H groups in total. The van der Waals surface area contributed by atoms with Crippen molar-refractivity contribution in [2.75, 3.05) is 0 Å². The van der Waals surface area contributed by atoms with Crippen LogP contribution in [0.5, 0.6) is 5.75 Å². The second-order valence-electron chi connectivity index (χ2n) is 13.1. The number of fused-ring (bicyclic) bond motifs is 1. The maximum atomic E-state index is 11.5. The van der Waals surface area contributed by atoms with Gasteiger partial charge in [-0.15, -0.1) is 10.2 Å². The first-order chi connectivity index (χ1) is 25.2. The summed E-state index contributed by atoms with van der Waals surface area (Å²) in [7, 11) is 0. The fraction of sp³-hybridized carbons (Fsp3) is 0. The molecule has 0 saturated carbocycles. The van der Waals surface area contributed by atoms with Gasteiger partial charge < -0.3 is 5.11 Å². The number of hydrogen-bond acceptors (Lipinski definition) is 4. The smallest absolute Gasteiger partial charge is 0.126 e. The fourth-order valence-corrected chi connectivity index (χ4v) is 7.52. The van der Waals surface area contributed by atoms with Crippen LogP contribution in [-0.4, -0.2) is 20.3 Å². The predicted octanol–water partition coefficient (Wildman–Crippen LogP) is 12.0. The Morgan fingerprint density at radius 1 is 0.353 bits per heavy atom. The van der Waals surface area contributed by atoms with Gasteiger partial charge in [0, 0.05) is 22.1 Å². The van der Waals surface area contributed by atoms with Crippen LogP contribution < -0.4 is 0 Å². The molecule has 0 aliphatic rings. The van der Waals surface area contributed by atoms with E-state index in [4.69, 9.17) is 4.98 Å². The Morgan fingerprint density at radius 3 is 1.82 bits per heavy atom. The van der Waals surface area contributed by atoms with Crippen LogP contribution in [0.1, 0.15) is 0 Å². The van der Waals surface area contributed by atoms with Crippen LogP contribution >= 0.6 is 0 Å². The second kappa shape index (κ2) is 11.6. The summed E-state index contributed by atoms with van der Waals surface area (Å²) in [5, 5.41) is 28.5. The Morgan fingerprint density at radius 2 is 0.961 bits per heavy atom. The van der Waals surface area contributed by atoms with Crippen molar-refractivity contribution in [3.63, 3.8) is 0 Å². The lowest BCUT2D eigenvalue weighted by Crippen LogP contribution is -1.94. The van der Waals surface area contributed by atoms with Gasteiger partial charge in [0.25, 0.3) is 0 Å². The van der Waals surface area contributed by atoms with Gasteiger partial charge in [-0.3, -0.25) is 0 Å². The first-order valence-electron chi connectivity index (χ1n) is 17.1. The second-order valence-corrected chi connectivity index (χ2v) is 13.1. The van der Waals surface area contributed by atoms with E-state index in [0.29, 0.717) is 5.69 Å². The van der Waals surface area contributed by atoms with Gasteiger partial charge in [0.2, 0.25) is 0 Å². The van der Waals surface area contributed by atoms with Crippen molar-refractivity contribution in [1.29, 1.82) is 0 Å². The normalized spacial score (nSPS) is 11.6. The topological polar surface area (TPSA) is 58.9 Å². The molecular formula is C47H29N3O. The number of phenolic OH excluding ortho intramolecular Hbond substituents is 1. The number of hydrogen-bond donors (Lipinski definition) is 1. The van der Waals surface area contributed by atoms with Gasteiger partial charge in [-0.1, -0.05) is 115 Å². The van der Waals surface area contributed by atoms with E-state index in [-0.39, 0.29) is 5.75 Å². The standard InChI is InChI=1S/C47H29N3O/c51-44-28-35-20-19-30-12-6-13-31-21-22-39(46(35)45(30)31)47(44)42-18-8-17-40(48-42)37-24-36(33-15-7-14-32(23-33)29-9-2-1-3-10-29)25-38(26-37)43-27-34-11-4-5-16-41(34)49-50-43/h1-28,51H. The van der Waals surface area contributed by atoms with E-state index in [2.05, 4.69) is 132 Å². The number of aromatic nitrogens is 3. The minimum atomic E-state index is 0.212. The zero-order chi connectivity index (χ0) is 33.9. The molecular weight excluding hydrogens is 623 g/mol. The lowest BCUT2D eigenvalue weighted by Gasteiger charge is -2.16. The van der Waals surface area contributed by atoms with E-state index >= 15 is 0 Å². The van der Waals surface area contributed by atoms with Crippen molar-refractivity contribution in [1.82, 2.24) is 15.2 Å². The highest BCUT2D eigenvalue weighted by molar-refractivity contribution is 6.26. The van der Waals surface area contributed by atoms with E-state index in [1.165, 1.54) is 21.7 Å². The van der Waals surface area contributed by atoms with Crippen LogP contribution in [-0.2, 0) is 0 Å². The third kappa shape index (κ3) is 4.96. The molecule has 0 amide bonds. The van der Waals surface area contributed by atoms with Gasteiger partial charge in [0.05, 0.1) is 22.6 Å². The molecule has 2 aromatic heterocycles. The molecule has 0 unspecified atom stereocenters. The molecule has 4 nitrogen and oxygen atoms in total. The van der Waals surface area contributed by atoms with Gasteiger partial charge in [-0.25, -0.2) is 4.98 Å². The van der Waals surface area contributed by atoms with E-state index < -0.39 is 0 Å². The Kier molecular flexibility index (Phi) is 6.61. The SMILES string of the molecule is Oc1cc2ccc3cccc4ccc(c1-c1cccc(-c5cc(-c6cccc(-c7ccccc7)c6)cc(-c6cc7ccccc7nn6)c5)n1)c2c34. The summed E-state index contributed by atoms with van der Waals surface area (Å²) in [6.07, 6.45) is 0. The van der Waals surface area contributed by atoms with Crippen LogP contribution in [0, 0.1) is 0 Å². The summed E-state index contributed by atoms with van der Waals surface area (Å²) in [4.78, 5) is 5.24. The van der Waals surface area contributed by atoms with Crippen LogP contribution in [0.4, 0.5) is 0 Å². The predicted molar refractivity (Wildman–Crippen MR) is 210 cm³/mol. The van der Waals surface area contributed by atoms with E-state index in [1.807, 2.05) is 48.5 Å². The monoisotopic (exact) mass is 651 g/mol. The molecule has 238 valence electrons. The molecule has 0 bridgehead atoms. The molecule has 0 atom stereocenters. The lowest BCUT2D eigenvalue weighted by molar-refractivity contribution is 0.478. The molecule has 0 fully saturated rings. The quantitative estimate of drug-likeness (QED) is 0.188. The first-order valence-corrected chi connectivity index (χ1v) is 17.1. The van der Waals surface area contributed by atoms with Gasteiger partial charge in [-0.05, 0) is 109 Å². The lowest BCUT2D eigenvalue weighted by atomic mass is 9.90. The summed E-state index contributed by atoms with van der Waals surface area (Å²) in [5.74, 6) is 0.212. The summed E-state index contributed by atoms with van der Waals surface area (Å²) in [6, 6.07) is 58.5. The van der Waals surface area contributed by atoms with Crippen molar-refractivity contribution in [3.05, 3.63) is 170 Å². The Labute approximate surface area is 294 Å². The molecule has 0 spiro atoms. The zero-order valence-corrected chi connectivity index (χ0v) is 27.5. The highest BCUT2D eigenvalue weighted by Gasteiger charge is 2.18. The Balaban J connectivity index is 1.16. The number of nitrogens with zero attached hydrogens (tertiary/aromatic N) is 3. The number of phenols is 1. The third-order valence-corrected chi connectivity index (χ3v) is 9.95. The largest absolute Gasteiger partial charge is 0.507 e. The van der Waals surface area contributed by atoms with Gasteiger partial charge in [-0.2, -0.15) is 0 Å². The Hall–Kier alpha value is -6.91. The maximum Gasteiger partial charge on any atom is 0.126 e. The third-order valence-electron chi connectivity index (χ3n) is 9.95.